The summed E-state index contributed by atoms with van der Waals surface area (Å²) in [5.74, 6) is -6.70. The van der Waals surface area contributed by atoms with Gasteiger partial charge >= 0.3 is 0 Å². The van der Waals surface area contributed by atoms with Crippen LogP contribution in [-0.4, -0.2) is 6.61 Å². The van der Waals surface area contributed by atoms with Gasteiger partial charge in [0.2, 0.25) is 11.6 Å². The van der Waals surface area contributed by atoms with Crippen molar-refractivity contribution in [2.24, 2.45) is 5.92 Å². The smallest absolute Gasteiger partial charge is 0.204 e. The van der Waals surface area contributed by atoms with Crippen LogP contribution in [0, 0.1) is 36.1 Å². The number of benzene rings is 1. The van der Waals surface area contributed by atoms with E-state index in [4.69, 9.17) is 4.74 Å². The van der Waals surface area contributed by atoms with Crippen LogP contribution >= 0.6 is 0 Å². The van der Waals surface area contributed by atoms with Crippen molar-refractivity contribution in [1.29, 1.82) is 0 Å². The van der Waals surface area contributed by atoms with E-state index in [-0.39, 0.29) is 18.1 Å². The quantitative estimate of drug-likeness (QED) is 0.0864. The molecule has 1 aromatic carbocycles. The van der Waals surface area contributed by atoms with E-state index in [2.05, 4.69) is 13.8 Å². The molecular formula is C27H44F4O. The van der Waals surface area contributed by atoms with Gasteiger partial charge in [-0.1, -0.05) is 104 Å². The molecule has 0 bridgehead atoms. The molecule has 0 fully saturated rings. The number of unbranched alkanes of at least 4 members (excludes halogenated alkanes) is 12. The topological polar surface area (TPSA) is 9.23 Å². The van der Waals surface area contributed by atoms with Crippen molar-refractivity contribution in [3.05, 3.63) is 28.8 Å². The van der Waals surface area contributed by atoms with Gasteiger partial charge in [-0.25, -0.2) is 13.2 Å². The molecule has 0 aliphatic heterocycles. The van der Waals surface area contributed by atoms with Gasteiger partial charge in [0.1, 0.15) is 0 Å². The summed E-state index contributed by atoms with van der Waals surface area (Å²) in [6, 6.07) is 0. The zero-order chi connectivity index (χ0) is 23.8. The Morgan fingerprint density at radius 1 is 0.562 bits per heavy atom. The Morgan fingerprint density at radius 3 is 1.44 bits per heavy atom. The van der Waals surface area contributed by atoms with Crippen LogP contribution in [0.3, 0.4) is 0 Å². The highest BCUT2D eigenvalue weighted by molar-refractivity contribution is 5.36. The Kier molecular flexibility index (Phi) is 15.5. The highest BCUT2D eigenvalue weighted by Gasteiger charge is 2.24. The molecule has 0 aliphatic rings. The van der Waals surface area contributed by atoms with E-state index in [0.29, 0.717) is 0 Å². The van der Waals surface area contributed by atoms with Gasteiger partial charge in [0.15, 0.2) is 17.4 Å². The zero-order valence-corrected chi connectivity index (χ0v) is 20.5. The molecule has 0 N–H and O–H groups in total. The minimum absolute atomic E-state index is 0.202. The van der Waals surface area contributed by atoms with Crippen LogP contribution in [0.4, 0.5) is 17.6 Å². The van der Waals surface area contributed by atoms with Crippen LogP contribution < -0.4 is 4.74 Å². The van der Waals surface area contributed by atoms with Gasteiger partial charge in [0.05, 0.1) is 6.61 Å². The maximum atomic E-state index is 14.2. The fourth-order valence-electron chi connectivity index (χ4n) is 4.19. The molecule has 1 aromatic rings. The SMILES string of the molecule is CCCCCCCCCCC(CCCCCCCC)COc1c(C)c(F)c(F)c(F)c1F. The Balaban J connectivity index is 2.55. The molecule has 1 rings (SSSR count). The van der Waals surface area contributed by atoms with Gasteiger partial charge in [-0.15, -0.1) is 0 Å². The van der Waals surface area contributed by atoms with Gasteiger partial charge in [-0.05, 0) is 25.7 Å². The zero-order valence-electron chi connectivity index (χ0n) is 20.5. The first kappa shape index (κ1) is 28.8. The second kappa shape index (κ2) is 17.2. The van der Waals surface area contributed by atoms with Gasteiger partial charge in [0.25, 0.3) is 0 Å². The minimum atomic E-state index is -1.81. The Hall–Kier alpha value is -1.26. The van der Waals surface area contributed by atoms with E-state index >= 15 is 0 Å². The lowest BCUT2D eigenvalue weighted by Gasteiger charge is -2.19. The lowest BCUT2D eigenvalue weighted by atomic mass is 9.94. The van der Waals surface area contributed by atoms with E-state index in [9.17, 15) is 17.6 Å². The number of rotatable bonds is 19. The van der Waals surface area contributed by atoms with Crippen LogP contribution in [0.2, 0.25) is 0 Å². The monoisotopic (exact) mass is 460 g/mol. The molecular weight excluding hydrogens is 416 g/mol. The summed E-state index contributed by atoms with van der Waals surface area (Å²) < 4.78 is 60.6. The average molecular weight is 461 g/mol. The predicted molar refractivity (Wildman–Crippen MR) is 125 cm³/mol. The molecule has 0 radical (unpaired) electrons. The summed E-state index contributed by atoms with van der Waals surface area (Å²) in [5, 5.41) is 0. The van der Waals surface area contributed by atoms with Crippen molar-refractivity contribution >= 4 is 0 Å². The van der Waals surface area contributed by atoms with Crippen LogP contribution in [0.1, 0.15) is 122 Å². The highest BCUT2D eigenvalue weighted by atomic mass is 19.2. The number of ether oxygens (including phenoxy) is 1. The molecule has 32 heavy (non-hydrogen) atoms. The molecule has 0 heterocycles. The second-order valence-corrected chi connectivity index (χ2v) is 9.21. The first-order valence-corrected chi connectivity index (χ1v) is 12.9. The summed E-state index contributed by atoms with van der Waals surface area (Å²) in [6.45, 7) is 5.83. The van der Waals surface area contributed by atoms with Crippen LogP contribution in [-0.2, 0) is 0 Å². The third-order valence-corrected chi connectivity index (χ3v) is 6.34. The lowest BCUT2D eigenvalue weighted by molar-refractivity contribution is 0.210. The molecule has 5 heteroatoms. The van der Waals surface area contributed by atoms with E-state index in [1.807, 2.05) is 0 Å². The second-order valence-electron chi connectivity index (χ2n) is 9.21. The minimum Gasteiger partial charge on any atom is -0.490 e. The standard InChI is InChI=1S/C27H44F4O/c1-4-6-8-10-12-13-15-17-19-22(18-16-14-11-9-7-5-2)20-32-27-21(3)23(28)24(29)25(30)26(27)31/h22H,4-20H2,1-3H3. The van der Waals surface area contributed by atoms with Crippen molar-refractivity contribution in [3.63, 3.8) is 0 Å². The van der Waals surface area contributed by atoms with Crippen molar-refractivity contribution < 1.29 is 22.3 Å². The molecule has 0 aromatic heterocycles. The first-order chi connectivity index (χ1) is 15.4. The van der Waals surface area contributed by atoms with Gasteiger partial charge in [0, 0.05) is 5.56 Å². The van der Waals surface area contributed by atoms with E-state index in [1.54, 1.807) is 0 Å². The summed E-state index contributed by atoms with van der Waals surface area (Å²) in [5.41, 5.74) is -0.313. The van der Waals surface area contributed by atoms with Gasteiger partial charge in [-0.2, -0.15) is 4.39 Å². The van der Waals surface area contributed by atoms with Crippen molar-refractivity contribution in [2.45, 2.75) is 124 Å². The summed E-state index contributed by atoms with van der Waals surface area (Å²) in [6.07, 6.45) is 18.9. The molecule has 0 spiro atoms. The summed E-state index contributed by atoms with van der Waals surface area (Å²) >= 11 is 0. The van der Waals surface area contributed by atoms with E-state index < -0.39 is 29.0 Å². The maximum absolute atomic E-state index is 14.2. The molecule has 0 saturated carbocycles. The fourth-order valence-corrected chi connectivity index (χ4v) is 4.19. The number of hydrogen-bond acceptors (Lipinski definition) is 1. The van der Waals surface area contributed by atoms with Crippen molar-refractivity contribution in [1.82, 2.24) is 0 Å². The van der Waals surface area contributed by atoms with Gasteiger partial charge in [-0.3, -0.25) is 0 Å². The number of halogens is 4. The Morgan fingerprint density at radius 2 is 0.969 bits per heavy atom. The molecule has 186 valence electrons. The van der Waals surface area contributed by atoms with Crippen LogP contribution in [0.15, 0.2) is 0 Å². The summed E-state index contributed by atoms with van der Waals surface area (Å²) in [4.78, 5) is 0. The van der Waals surface area contributed by atoms with Crippen molar-refractivity contribution in [3.8, 4) is 5.75 Å². The largest absolute Gasteiger partial charge is 0.490 e. The molecule has 1 atom stereocenters. The van der Waals surface area contributed by atoms with Crippen molar-refractivity contribution in [2.75, 3.05) is 6.61 Å². The van der Waals surface area contributed by atoms with Gasteiger partial charge < -0.3 is 4.74 Å². The summed E-state index contributed by atoms with van der Waals surface area (Å²) in [7, 11) is 0. The lowest BCUT2D eigenvalue weighted by Crippen LogP contribution is -2.15. The first-order valence-electron chi connectivity index (χ1n) is 12.9. The Labute approximate surface area is 193 Å². The molecule has 0 saturated heterocycles. The predicted octanol–water partition coefficient (Wildman–Crippen LogP) is 9.83. The molecule has 1 nitrogen and oxygen atoms in total. The third kappa shape index (κ3) is 10.6. The normalized spacial score (nSPS) is 12.3. The molecule has 1 unspecified atom stereocenters. The van der Waals surface area contributed by atoms with E-state index in [0.717, 1.165) is 38.5 Å². The molecule has 0 amide bonds. The van der Waals surface area contributed by atoms with Crippen LogP contribution in [0.25, 0.3) is 0 Å². The third-order valence-electron chi connectivity index (χ3n) is 6.34. The fraction of sp³-hybridized carbons (Fsp3) is 0.778. The van der Waals surface area contributed by atoms with E-state index in [1.165, 1.54) is 71.1 Å². The Bertz CT molecular complexity index is 604. The maximum Gasteiger partial charge on any atom is 0.204 e. The van der Waals surface area contributed by atoms with Crippen LogP contribution in [0.5, 0.6) is 5.75 Å². The number of hydrogen-bond donors (Lipinski definition) is 0. The highest BCUT2D eigenvalue weighted by Crippen LogP contribution is 2.31. The molecule has 0 aliphatic carbocycles. The average Bonchev–Trinajstić information content (AvgIpc) is 2.79.